The van der Waals surface area contributed by atoms with E-state index in [0.29, 0.717) is 39.1 Å². The second-order valence-electron chi connectivity index (χ2n) is 28.7. The standard InChI is InChI=1S/C24H28N6.C15H16ClN5.C14H14ClN5.C10H11N3O2.C9H9N3O2.C9H13N.C4H2Cl2N2.CH4.H2S.H2/c1-14-10-16(3)20(12-15(14)2)26-24-25-9-8-23(27-24)29(6)22-13-21-19(11-17(22)4)18(5)30(7)28-21;1-9-7-11-10(2)21(4)19-12(11)8-13(9)20(3)14-5-6-17-15(16)18-14;1-8-6-10-9(2)20(3)19-12(10)7-11(8)17-13-4-5-16-14(15)18-13;1-6-4-8-7(2)12(3)11-9(8)5-10(6)13(14)15;1-5-3-7-6(2)10-11-8(7)4-9(5)12(13)14;1-6-4-8(3)9(10)5-7(6)2;5-3-1-2-7-4(6)8-3;;;/h8-13H,1-7H3,(H,25,26,27);5-8H,1-4H3;4-7H,1-3H3,(H,16,17,18);4-5H,1-3H3;3-4H,1-2H3,(H,10,11);4-5H,10H2,1-3H3;1-2H;1H4;1H2;1H/i;;;;;;;;;1+2. The summed E-state index contributed by atoms with van der Waals surface area (Å²) in [4.78, 5) is 57.2. The van der Waals surface area contributed by atoms with Gasteiger partial charge in [0.25, 0.3) is 11.4 Å². The van der Waals surface area contributed by atoms with E-state index in [4.69, 9.17) is 57.1 Å². The Morgan fingerprint density at radius 3 is 1.24 bits per heavy atom. The van der Waals surface area contributed by atoms with Crippen LogP contribution in [0.15, 0.2) is 134 Å². The Balaban J connectivity index is 0.000000200. The number of aromatic nitrogens is 18. The first kappa shape index (κ1) is 93.0. The topological polar surface area (TPSA) is 346 Å². The molecule has 0 aliphatic carbocycles. The van der Waals surface area contributed by atoms with E-state index in [1.165, 1.54) is 73.7 Å². The molecule has 16 aromatic rings. The lowest BCUT2D eigenvalue weighted by atomic mass is 10.1. The van der Waals surface area contributed by atoms with Crippen LogP contribution in [0, 0.1) is 131 Å². The number of hydrogen-bond acceptors (Lipinski definition) is 22. The van der Waals surface area contributed by atoms with Gasteiger partial charge in [0.05, 0.1) is 37.4 Å². The fourth-order valence-electron chi connectivity index (χ4n) is 12.8. The van der Waals surface area contributed by atoms with Crippen molar-refractivity contribution in [1.29, 1.82) is 0 Å². The number of hydrogen-bond donors (Lipinski definition) is 4. The van der Waals surface area contributed by atoms with Crippen molar-refractivity contribution in [3.63, 3.8) is 0 Å². The highest BCUT2D eigenvalue weighted by molar-refractivity contribution is 7.59. The highest BCUT2D eigenvalue weighted by Gasteiger charge is 2.20. The number of nitrogens with one attached hydrogen (secondary N) is 3. The van der Waals surface area contributed by atoms with Gasteiger partial charge in [0.1, 0.15) is 22.6 Å². The molecule has 5 N–H and O–H groups in total. The van der Waals surface area contributed by atoms with Gasteiger partial charge in [-0.05, 0) is 281 Å². The zero-order valence-electron chi connectivity index (χ0n) is 70.3. The van der Waals surface area contributed by atoms with Crippen molar-refractivity contribution < 1.29 is 11.3 Å². The molecule has 0 unspecified atom stereocenters. The molecule has 628 valence electrons. The Morgan fingerprint density at radius 2 is 0.783 bits per heavy atom. The van der Waals surface area contributed by atoms with Gasteiger partial charge in [-0.1, -0.05) is 31.2 Å². The first-order valence-corrected chi connectivity index (χ1v) is 38.6. The first-order chi connectivity index (χ1) is 55.7. The van der Waals surface area contributed by atoms with E-state index < -0.39 is 4.92 Å². The summed E-state index contributed by atoms with van der Waals surface area (Å²) in [7, 11) is 11.7. The number of anilines is 9. The normalized spacial score (nSPS) is 10.6. The van der Waals surface area contributed by atoms with Crippen molar-refractivity contribution in [3.05, 3.63) is 265 Å². The van der Waals surface area contributed by atoms with Crippen molar-refractivity contribution in [2.45, 2.75) is 118 Å². The number of nitrogen functional groups attached to an aromatic ring is 1. The highest BCUT2D eigenvalue weighted by atomic mass is 35.5. The fraction of sp³-hybridized carbons (Fsp3) is 0.267. The van der Waals surface area contributed by atoms with Crippen LogP contribution >= 0.6 is 59.9 Å². The molecular formula is C86H101Cl4N25O4S. The highest BCUT2D eigenvalue weighted by Crippen LogP contribution is 2.36. The van der Waals surface area contributed by atoms with Gasteiger partial charge in [0, 0.05) is 176 Å². The minimum atomic E-state index is -0.390. The number of benzene rings is 7. The molecule has 29 nitrogen and oxygen atoms in total. The maximum absolute atomic E-state index is 10.7. The molecular weight excluding hydrogens is 1620 g/mol. The summed E-state index contributed by atoms with van der Waals surface area (Å²) < 4.78 is 7.44. The Kier molecular flexibility index (Phi) is 30.9. The van der Waals surface area contributed by atoms with Gasteiger partial charge in [0.15, 0.2) is 0 Å². The third-order valence-corrected chi connectivity index (χ3v) is 21.1. The number of nitrogens with zero attached hydrogens (tertiary/aromatic N) is 21. The van der Waals surface area contributed by atoms with Crippen LogP contribution in [0.25, 0.3) is 54.5 Å². The number of halogens is 4. The van der Waals surface area contributed by atoms with Crippen LogP contribution in [0.3, 0.4) is 0 Å². The second kappa shape index (κ2) is 39.8. The summed E-state index contributed by atoms with van der Waals surface area (Å²) in [5, 5.41) is 59.1. The summed E-state index contributed by atoms with van der Waals surface area (Å²) in [5.74, 6) is 2.83. The van der Waals surface area contributed by atoms with Gasteiger partial charge < -0.3 is 26.2 Å². The maximum Gasteiger partial charge on any atom is 0.274 e. The van der Waals surface area contributed by atoms with E-state index in [9.17, 15) is 20.2 Å². The molecule has 0 amide bonds. The molecule has 7 aromatic carbocycles. The third-order valence-electron chi connectivity index (χ3n) is 20.4. The van der Waals surface area contributed by atoms with Crippen molar-refractivity contribution >= 4 is 178 Å². The summed E-state index contributed by atoms with van der Waals surface area (Å²) in [6.07, 6.45) is 6.56. The van der Waals surface area contributed by atoms with E-state index >= 15 is 0 Å². The summed E-state index contributed by atoms with van der Waals surface area (Å²) >= 11 is 22.4. The van der Waals surface area contributed by atoms with E-state index in [1.54, 1.807) is 55.3 Å². The Bertz CT molecular complexity index is 6400. The number of nitrogens with two attached hydrogens (primary N) is 1. The van der Waals surface area contributed by atoms with Gasteiger partial charge in [-0.3, -0.25) is 44.1 Å². The predicted molar refractivity (Wildman–Crippen MR) is 495 cm³/mol. The van der Waals surface area contributed by atoms with Crippen LogP contribution < -0.4 is 26.2 Å². The smallest absolute Gasteiger partial charge is 0.274 e. The zero-order chi connectivity index (χ0) is 86.2. The molecule has 16 rings (SSSR count). The van der Waals surface area contributed by atoms with Crippen LogP contribution in [0.2, 0.25) is 21.0 Å². The van der Waals surface area contributed by atoms with Crippen molar-refractivity contribution in [2.75, 3.05) is 40.3 Å². The molecule has 9 heterocycles. The monoisotopic (exact) mass is 1720 g/mol. The van der Waals surface area contributed by atoms with E-state index in [1.807, 2.05) is 112 Å². The molecule has 120 heavy (non-hydrogen) atoms. The molecule has 0 spiro atoms. The predicted octanol–water partition coefficient (Wildman–Crippen LogP) is 21.4. The number of fused-ring (bicyclic) bond motifs is 5. The Hall–Kier alpha value is -12.5. The molecule has 0 bridgehead atoms. The number of H-pyrrole nitrogens is 1. The summed E-state index contributed by atoms with van der Waals surface area (Å²) in [6, 6.07) is 34.9. The van der Waals surface area contributed by atoms with Gasteiger partial charge in [0.2, 0.25) is 21.8 Å². The molecule has 9 aromatic heterocycles. The largest absolute Gasteiger partial charge is 0.399 e. The van der Waals surface area contributed by atoms with E-state index in [2.05, 4.69) is 206 Å². The van der Waals surface area contributed by atoms with Crippen LogP contribution in [-0.4, -0.2) is 113 Å². The number of nitro groups is 2. The molecule has 0 radical (unpaired) electrons. The summed E-state index contributed by atoms with van der Waals surface area (Å²) in [5.41, 5.74) is 32.8. The average molecular weight is 1720 g/mol. The molecule has 0 saturated carbocycles. The van der Waals surface area contributed by atoms with Gasteiger partial charge in [-0.2, -0.15) is 44.0 Å². The Labute approximate surface area is 725 Å². The molecule has 0 saturated heterocycles. The molecule has 0 atom stereocenters. The van der Waals surface area contributed by atoms with Gasteiger partial charge in [-0.15, -0.1) is 0 Å². The number of rotatable bonds is 10. The summed E-state index contributed by atoms with van der Waals surface area (Å²) in [6.45, 7) is 32.3. The minimum Gasteiger partial charge on any atom is -0.399 e. The van der Waals surface area contributed by atoms with Crippen molar-refractivity contribution in [1.82, 2.24) is 89.2 Å². The lowest BCUT2D eigenvalue weighted by Crippen LogP contribution is -2.13. The Morgan fingerprint density at radius 1 is 0.408 bits per heavy atom. The SMILES string of the molecule is C.Cc1cc(C)c(N)cc1C.Cc1cc(C)c(Nc2nccc(N(C)c3cc4nn(C)c(C)c4cc3C)n2)cc1C.Cc1cc2c(C)[nH]nc2cc1[N+](=O)[O-].Cc1cc2c(C)n(C)nc2cc1N(C)c1ccnc(Cl)n1.Cc1cc2c(C)n(C)nc2cc1Nc1ccnc(Cl)n1.Cc1cc2c(C)n(C)nc2cc1[N+](=O)[O-].Clc1ccnc(Cl)n1.S.[3HH]. The maximum atomic E-state index is 10.7. The number of nitro benzene ring substituents is 2. The van der Waals surface area contributed by atoms with Crippen LogP contribution in [-0.2, 0) is 28.2 Å². The number of aromatic amines is 1. The second-order valence-corrected chi connectivity index (χ2v) is 30.1. The quantitative estimate of drug-likeness (QED) is 0.0325. The fourth-order valence-corrected chi connectivity index (χ4v) is 13.4. The van der Waals surface area contributed by atoms with E-state index in [-0.39, 0.29) is 54.5 Å². The molecule has 34 heteroatoms. The van der Waals surface area contributed by atoms with Crippen molar-refractivity contribution in [3.8, 4) is 0 Å². The van der Waals surface area contributed by atoms with Crippen molar-refractivity contribution in [2.24, 2.45) is 28.2 Å². The van der Waals surface area contributed by atoms with Crippen LogP contribution in [0.4, 0.5) is 63.2 Å². The minimum absolute atomic E-state index is 0. The zero-order valence-corrected chi connectivity index (χ0v) is 74.3. The lowest BCUT2D eigenvalue weighted by Gasteiger charge is -2.21. The molecule has 0 fully saturated rings. The average Bonchev–Trinajstić information content (AvgIpc) is 1.09. The van der Waals surface area contributed by atoms with Gasteiger partial charge in [-0.25, -0.2) is 34.9 Å². The first-order valence-electron chi connectivity index (χ1n) is 37.1. The van der Waals surface area contributed by atoms with E-state index in [0.717, 1.165) is 107 Å². The lowest BCUT2D eigenvalue weighted by molar-refractivity contribution is -0.385. The number of aryl methyl sites for hydroxylation is 20. The molecule has 0 aliphatic rings. The molecule has 0 aliphatic heterocycles. The van der Waals surface area contributed by atoms with Crippen LogP contribution in [0.1, 0.15) is 98.5 Å². The van der Waals surface area contributed by atoms with Gasteiger partial charge >= 0.3 is 0 Å². The third kappa shape index (κ3) is 22.1. The van der Waals surface area contributed by atoms with Crippen LogP contribution in [0.5, 0.6) is 0 Å².